The van der Waals surface area contributed by atoms with Crippen molar-refractivity contribution in [1.82, 2.24) is 0 Å². The Morgan fingerprint density at radius 3 is 1.92 bits per heavy atom. The van der Waals surface area contributed by atoms with Crippen molar-refractivity contribution in [3.63, 3.8) is 0 Å². The van der Waals surface area contributed by atoms with Gasteiger partial charge in [0.15, 0.2) is 0 Å². The van der Waals surface area contributed by atoms with E-state index in [-0.39, 0.29) is 41.9 Å². The number of benzene rings is 1. The van der Waals surface area contributed by atoms with Gasteiger partial charge >= 0.3 is 37.4 Å². The van der Waals surface area contributed by atoms with Crippen molar-refractivity contribution in [2.45, 2.75) is 65.7 Å². The minimum absolute atomic E-state index is 0. The number of hydrogen-bond acceptors (Lipinski definition) is 5. The van der Waals surface area contributed by atoms with Crippen LogP contribution in [-0.4, -0.2) is 19.8 Å². The maximum Gasteiger partial charge on any atom is 1.00 e. The molecule has 0 aliphatic heterocycles. The smallest absolute Gasteiger partial charge is 0.746 e. The summed E-state index contributed by atoms with van der Waals surface area (Å²) in [6.45, 7) is 8.05. The second-order valence-corrected chi connectivity index (χ2v) is 6.92. The Balaban J connectivity index is 0. The number of rotatable bonds is 13. The van der Waals surface area contributed by atoms with E-state index >= 15 is 0 Å². The molecule has 0 saturated carbocycles. The van der Waals surface area contributed by atoms with E-state index in [9.17, 15) is 9.46 Å². The van der Waals surface area contributed by atoms with E-state index in [0.717, 1.165) is 32.5 Å². The molecule has 0 aliphatic rings. The topological polar surface area (TPSA) is 67.8 Å². The van der Waals surface area contributed by atoms with Crippen molar-refractivity contribution in [2.24, 2.45) is 0 Å². The van der Waals surface area contributed by atoms with E-state index in [2.05, 4.69) is 6.92 Å². The first kappa shape index (κ1) is 28.3. The van der Waals surface area contributed by atoms with E-state index in [1.54, 1.807) is 30.3 Å². The molecule has 0 bridgehead atoms. The molecule has 1 aromatic rings. The van der Waals surface area contributed by atoms with Crippen molar-refractivity contribution < 1.29 is 52.8 Å². The van der Waals surface area contributed by atoms with Gasteiger partial charge in [0.1, 0.15) is 5.75 Å². The number of phosphoric ester groups is 1. The average Bonchev–Trinajstić information content (AvgIpc) is 2.59. The van der Waals surface area contributed by atoms with Crippen LogP contribution in [0.15, 0.2) is 30.3 Å². The molecule has 0 N–H and O–H groups in total. The van der Waals surface area contributed by atoms with Crippen molar-refractivity contribution in [1.29, 1.82) is 0 Å². The molecule has 146 valence electrons. The van der Waals surface area contributed by atoms with Crippen molar-refractivity contribution in [3.05, 3.63) is 30.3 Å². The fourth-order valence-electron chi connectivity index (χ4n) is 2.08. The molecule has 0 fully saturated rings. The van der Waals surface area contributed by atoms with Crippen LogP contribution in [0.4, 0.5) is 0 Å². The molecule has 7 heteroatoms. The molecular weight excluding hydrogens is 362 g/mol. The normalized spacial score (nSPS) is 12.3. The van der Waals surface area contributed by atoms with Gasteiger partial charge in [0.25, 0.3) is 0 Å². The monoisotopic (exact) mass is 396 g/mol. The van der Waals surface area contributed by atoms with Gasteiger partial charge in [0.05, 0.1) is 6.61 Å². The van der Waals surface area contributed by atoms with Crippen molar-refractivity contribution in [3.8, 4) is 5.75 Å². The Labute approximate surface area is 181 Å². The molecule has 0 radical (unpaired) electrons. The molecule has 1 aromatic carbocycles. The Morgan fingerprint density at radius 2 is 1.42 bits per heavy atom. The fraction of sp³-hybridized carbons (Fsp3) is 0.684. The van der Waals surface area contributed by atoms with Crippen LogP contribution in [0.2, 0.25) is 0 Å². The van der Waals surface area contributed by atoms with Gasteiger partial charge < -0.3 is 18.7 Å². The minimum atomic E-state index is -4.23. The van der Waals surface area contributed by atoms with Crippen LogP contribution in [0.5, 0.6) is 5.75 Å². The summed E-state index contributed by atoms with van der Waals surface area (Å²) in [5.41, 5.74) is 0. The van der Waals surface area contributed by atoms with Gasteiger partial charge in [-0.1, -0.05) is 63.6 Å². The van der Waals surface area contributed by atoms with Gasteiger partial charge in [-0.15, -0.1) is 0 Å². The molecule has 5 nitrogen and oxygen atoms in total. The summed E-state index contributed by atoms with van der Waals surface area (Å²) in [4.78, 5) is 11.6. The third kappa shape index (κ3) is 18.9. The van der Waals surface area contributed by atoms with Crippen LogP contribution >= 0.6 is 7.82 Å². The summed E-state index contributed by atoms with van der Waals surface area (Å²) < 4.78 is 26.1. The summed E-state index contributed by atoms with van der Waals surface area (Å²) in [7, 11) is -4.23. The summed E-state index contributed by atoms with van der Waals surface area (Å²) in [5, 5.41) is 0. The van der Waals surface area contributed by atoms with Gasteiger partial charge in [0, 0.05) is 13.2 Å². The molecule has 0 saturated heterocycles. The molecule has 26 heavy (non-hydrogen) atoms. The van der Waals surface area contributed by atoms with E-state index in [1.807, 2.05) is 13.8 Å². The van der Waals surface area contributed by atoms with Crippen LogP contribution < -0.4 is 39.0 Å². The zero-order chi connectivity index (χ0) is 18.8. The number of ether oxygens (including phenoxy) is 1. The van der Waals surface area contributed by atoms with Gasteiger partial charge in [-0.05, 0) is 32.4 Å². The molecule has 0 heterocycles. The number of unbranched alkanes of at least 4 members (excludes halogenated alkanes) is 6. The maximum atomic E-state index is 11.6. The largest absolute Gasteiger partial charge is 1.00 e. The Kier molecular flexibility index (Phi) is 21.7. The summed E-state index contributed by atoms with van der Waals surface area (Å²) in [6.07, 6.45) is 7.85. The zero-order valence-corrected chi connectivity index (χ0v) is 19.8. The molecule has 0 amide bonds. The second-order valence-electron chi connectivity index (χ2n) is 5.59. The van der Waals surface area contributed by atoms with Gasteiger partial charge in [0.2, 0.25) is 0 Å². The van der Waals surface area contributed by atoms with E-state index in [1.165, 1.54) is 25.7 Å². The summed E-state index contributed by atoms with van der Waals surface area (Å²) in [5.74, 6) is 0.283. The van der Waals surface area contributed by atoms with E-state index in [0.29, 0.717) is 0 Å². The van der Waals surface area contributed by atoms with Gasteiger partial charge in [-0.25, -0.2) is 0 Å². The molecule has 0 spiro atoms. The van der Waals surface area contributed by atoms with Crippen LogP contribution in [0.3, 0.4) is 0 Å². The average molecular weight is 396 g/mol. The van der Waals surface area contributed by atoms with Gasteiger partial charge in [-0.2, -0.15) is 0 Å². The zero-order valence-electron chi connectivity index (χ0n) is 16.9. The summed E-state index contributed by atoms with van der Waals surface area (Å²) in [6, 6.07) is 8.39. The summed E-state index contributed by atoms with van der Waals surface area (Å²) >= 11 is 0. The van der Waals surface area contributed by atoms with Crippen molar-refractivity contribution in [2.75, 3.05) is 19.8 Å². The predicted molar refractivity (Wildman–Crippen MR) is 101 cm³/mol. The third-order valence-corrected chi connectivity index (χ3v) is 4.30. The fourth-order valence-corrected chi connectivity index (χ4v) is 2.86. The number of para-hydroxylation sites is 1. The first-order valence-electron chi connectivity index (χ1n) is 9.33. The van der Waals surface area contributed by atoms with Crippen LogP contribution in [0.25, 0.3) is 0 Å². The molecule has 0 aromatic heterocycles. The molecule has 1 atom stereocenters. The van der Waals surface area contributed by atoms with Crippen LogP contribution in [0.1, 0.15) is 65.7 Å². The molecular formula is C19H34NaO5P. The molecule has 1 unspecified atom stereocenters. The predicted octanol–water partition coefficient (Wildman–Crippen LogP) is 2.35. The Morgan fingerprint density at radius 1 is 0.885 bits per heavy atom. The maximum absolute atomic E-state index is 11.6. The Hall–Kier alpha value is 0.130. The Bertz CT molecular complexity index is 443. The minimum Gasteiger partial charge on any atom is -0.746 e. The second kappa shape index (κ2) is 19.9. The third-order valence-electron chi connectivity index (χ3n) is 3.37. The van der Waals surface area contributed by atoms with E-state index < -0.39 is 7.82 Å². The van der Waals surface area contributed by atoms with Crippen LogP contribution in [-0.2, 0) is 13.8 Å². The number of hydrogen-bond donors (Lipinski definition) is 0. The first-order valence-corrected chi connectivity index (χ1v) is 10.8. The van der Waals surface area contributed by atoms with E-state index in [4.69, 9.17) is 13.8 Å². The quantitative estimate of drug-likeness (QED) is 0.291. The molecule has 0 aliphatic carbocycles. The standard InChI is InChI=1S/C15H25O4P.C4H10O.Na/c1-2-3-4-5-6-7-11-14-18-20(16,17)19-15-12-9-8-10-13-15;1-3-5-4-2;/h8-10,12-13H,2-7,11,14H2,1H3,(H,16,17);3-4H2,1-2H3;/q;;+1/p-1. The van der Waals surface area contributed by atoms with Crippen molar-refractivity contribution >= 4 is 7.82 Å². The SMILES string of the molecule is CCCCCCCCCOP(=O)([O-])Oc1ccccc1.CCOCC.[Na+]. The van der Waals surface area contributed by atoms with Crippen LogP contribution in [0, 0.1) is 0 Å². The molecule has 1 rings (SSSR count). The number of phosphoric acid groups is 1. The van der Waals surface area contributed by atoms with Gasteiger partial charge in [-0.3, -0.25) is 4.57 Å². The first-order chi connectivity index (χ1) is 12.1.